The molecule has 0 amide bonds. The maximum Gasteiger partial charge on any atom is 0.200 e. The quantitative estimate of drug-likeness (QED) is 0.604. The van der Waals surface area contributed by atoms with Gasteiger partial charge in [0.25, 0.3) is 0 Å². The Morgan fingerprint density at radius 2 is 1.68 bits per heavy atom. The summed E-state index contributed by atoms with van der Waals surface area (Å²) in [6, 6.07) is 22.4. The molecule has 0 saturated heterocycles. The van der Waals surface area contributed by atoms with E-state index in [4.69, 9.17) is 4.98 Å². The highest BCUT2D eigenvalue weighted by atomic mass is 15.4. The lowest BCUT2D eigenvalue weighted by atomic mass is 10.1. The average Bonchev–Trinajstić information content (AvgIpc) is 3.14. The van der Waals surface area contributed by atoms with E-state index in [1.165, 1.54) is 0 Å². The van der Waals surface area contributed by atoms with E-state index in [2.05, 4.69) is 45.7 Å². The van der Waals surface area contributed by atoms with Gasteiger partial charge in [0.1, 0.15) is 12.4 Å². The monoisotopic (exact) mass is 325 g/mol. The number of pyridine rings is 1. The van der Waals surface area contributed by atoms with Gasteiger partial charge >= 0.3 is 0 Å². The van der Waals surface area contributed by atoms with Crippen LogP contribution in [-0.4, -0.2) is 19.7 Å². The summed E-state index contributed by atoms with van der Waals surface area (Å²) in [5, 5.41) is 7.96. The number of anilines is 1. The average molecular weight is 325 g/mol. The highest BCUT2D eigenvalue weighted by Gasteiger charge is 2.20. The highest BCUT2D eigenvalue weighted by Crippen LogP contribution is 2.31. The third kappa shape index (κ3) is 2.37. The second-order valence-corrected chi connectivity index (χ2v) is 5.94. The zero-order chi connectivity index (χ0) is 16.6. The van der Waals surface area contributed by atoms with Gasteiger partial charge in [-0.25, -0.2) is 9.67 Å². The lowest BCUT2D eigenvalue weighted by Crippen LogP contribution is -2.16. The Balaban J connectivity index is 1.52. The number of nitrogens with zero attached hydrogens (tertiary/aromatic N) is 4. The molecule has 120 valence electrons. The van der Waals surface area contributed by atoms with Crippen molar-refractivity contribution in [1.82, 2.24) is 19.7 Å². The number of nitrogens with one attached hydrogen (secondary N) is 1. The molecule has 1 aliphatic rings. The first kappa shape index (κ1) is 13.9. The first-order chi connectivity index (χ1) is 12.4. The van der Waals surface area contributed by atoms with E-state index in [0.717, 1.165) is 33.9 Å². The summed E-state index contributed by atoms with van der Waals surface area (Å²) in [7, 11) is 0. The van der Waals surface area contributed by atoms with Crippen molar-refractivity contribution in [2.24, 2.45) is 0 Å². The van der Waals surface area contributed by atoms with Gasteiger partial charge in [-0.05, 0) is 23.8 Å². The van der Waals surface area contributed by atoms with Gasteiger partial charge in [0.15, 0.2) is 11.6 Å². The van der Waals surface area contributed by atoms with E-state index in [9.17, 15) is 0 Å². The maximum absolute atomic E-state index is 4.71. The Morgan fingerprint density at radius 3 is 2.52 bits per heavy atom. The van der Waals surface area contributed by atoms with Crippen LogP contribution in [0.3, 0.4) is 0 Å². The number of para-hydroxylation sites is 1. The normalized spacial score (nSPS) is 12.2. The Hall–Kier alpha value is -3.47. The van der Waals surface area contributed by atoms with Crippen LogP contribution in [0.5, 0.6) is 0 Å². The van der Waals surface area contributed by atoms with Crippen LogP contribution in [0.25, 0.3) is 34.0 Å². The van der Waals surface area contributed by atoms with Gasteiger partial charge in [0, 0.05) is 23.0 Å². The third-order valence-corrected chi connectivity index (χ3v) is 4.36. The summed E-state index contributed by atoms with van der Waals surface area (Å²) >= 11 is 0. The maximum atomic E-state index is 4.71. The second-order valence-electron chi connectivity index (χ2n) is 5.94. The first-order valence-electron chi connectivity index (χ1n) is 8.18. The minimum absolute atomic E-state index is 0.613. The van der Waals surface area contributed by atoms with Crippen LogP contribution in [0.1, 0.15) is 0 Å². The van der Waals surface area contributed by atoms with Crippen LogP contribution in [-0.2, 0) is 6.67 Å². The fourth-order valence-corrected chi connectivity index (χ4v) is 3.08. The van der Waals surface area contributed by atoms with Crippen molar-refractivity contribution in [2.75, 3.05) is 5.32 Å². The van der Waals surface area contributed by atoms with E-state index in [1.807, 2.05) is 47.3 Å². The van der Waals surface area contributed by atoms with Gasteiger partial charge in [-0.2, -0.15) is 0 Å². The fraction of sp³-hybridized carbons (Fsp3) is 0.0500. The SMILES string of the molecule is c1ccc(-c2ccc(-c3nc4n(n3)CNc3ccccc3-4)nc2)cc1. The van der Waals surface area contributed by atoms with Crippen LogP contribution in [0.4, 0.5) is 5.69 Å². The topological polar surface area (TPSA) is 55.6 Å². The molecular formula is C20H15N5. The fourth-order valence-electron chi connectivity index (χ4n) is 3.08. The van der Waals surface area contributed by atoms with Crippen molar-refractivity contribution in [3.8, 4) is 34.0 Å². The minimum Gasteiger partial charge on any atom is -0.366 e. The van der Waals surface area contributed by atoms with Crippen LogP contribution in [0.15, 0.2) is 72.9 Å². The molecule has 0 aliphatic carbocycles. The van der Waals surface area contributed by atoms with Crippen molar-refractivity contribution >= 4 is 5.69 Å². The summed E-state index contributed by atoms with van der Waals surface area (Å²) in [5.74, 6) is 1.52. The van der Waals surface area contributed by atoms with E-state index in [1.54, 1.807) is 0 Å². The molecular weight excluding hydrogens is 310 g/mol. The smallest absolute Gasteiger partial charge is 0.200 e. The molecule has 4 aromatic rings. The predicted molar refractivity (Wildman–Crippen MR) is 97.7 cm³/mol. The summed E-state index contributed by atoms with van der Waals surface area (Å²) in [6.45, 7) is 0.613. The molecule has 1 N–H and O–H groups in total. The molecule has 2 aromatic carbocycles. The Bertz CT molecular complexity index is 1040. The molecule has 0 radical (unpaired) electrons. The Labute approximate surface area is 145 Å². The molecule has 1 aliphatic heterocycles. The van der Waals surface area contributed by atoms with Crippen molar-refractivity contribution in [1.29, 1.82) is 0 Å². The van der Waals surface area contributed by atoms with Gasteiger partial charge in [-0.1, -0.05) is 48.5 Å². The molecule has 25 heavy (non-hydrogen) atoms. The van der Waals surface area contributed by atoms with E-state index < -0.39 is 0 Å². The summed E-state index contributed by atoms with van der Waals surface area (Å²) in [5.41, 5.74) is 5.16. The number of rotatable bonds is 2. The molecule has 5 nitrogen and oxygen atoms in total. The molecule has 0 saturated carbocycles. The zero-order valence-electron chi connectivity index (χ0n) is 13.4. The van der Waals surface area contributed by atoms with Gasteiger partial charge in [-0.15, -0.1) is 5.10 Å². The molecule has 0 fully saturated rings. The first-order valence-corrected chi connectivity index (χ1v) is 8.18. The summed E-state index contributed by atoms with van der Waals surface area (Å²) < 4.78 is 1.88. The van der Waals surface area contributed by atoms with Gasteiger partial charge in [0.05, 0.1) is 0 Å². The lowest BCUT2D eigenvalue weighted by Gasteiger charge is -2.17. The third-order valence-electron chi connectivity index (χ3n) is 4.36. The highest BCUT2D eigenvalue weighted by molar-refractivity contribution is 5.76. The number of benzene rings is 2. The predicted octanol–water partition coefficient (Wildman–Crippen LogP) is 4.06. The van der Waals surface area contributed by atoms with Gasteiger partial charge in [0.2, 0.25) is 0 Å². The Morgan fingerprint density at radius 1 is 0.840 bits per heavy atom. The summed E-state index contributed by atoms with van der Waals surface area (Å²) in [4.78, 5) is 9.28. The van der Waals surface area contributed by atoms with E-state index in [0.29, 0.717) is 12.5 Å². The van der Waals surface area contributed by atoms with Crippen molar-refractivity contribution < 1.29 is 0 Å². The molecule has 5 rings (SSSR count). The largest absolute Gasteiger partial charge is 0.366 e. The van der Waals surface area contributed by atoms with Crippen LogP contribution in [0, 0.1) is 0 Å². The number of hydrogen-bond acceptors (Lipinski definition) is 4. The number of hydrogen-bond donors (Lipinski definition) is 1. The lowest BCUT2D eigenvalue weighted by molar-refractivity contribution is 0.668. The van der Waals surface area contributed by atoms with Crippen molar-refractivity contribution in [3.05, 3.63) is 72.9 Å². The molecule has 5 heteroatoms. The number of fused-ring (bicyclic) bond motifs is 3. The van der Waals surface area contributed by atoms with Gasteiger partial charge < -0.3 is 5.32 Å². The van der Waals surface area contributed by atoms with Crippen molar-refractivity contribution in [2.45, 2.75) is 6.67 Å². The standard InChI is InChI=1S/C20H15N5/c1-2-6-14(7-3-1)15-10-11-18(21-12-15)19-23-20-16-8-4-5-9-17(16)22-13-25(20)24-19/h1-12,22H,13H2. The second kappa shape index (κ2) is 5.56. The molecule has 2 aromatic heterocycles. The Kier molecular flexibility index (Phi) is 3.10. The number of aromatic nitrogens is 4. The minimum atomic E-state index is 0.613. The van der Waals surface area contributed by atoms with Crippen LogP contribution >= 0.6 is 0 Å². The van der Waals surface area contributed by atoms with Crippen molar-refractivity contribution in [3.63, 3.8) is 0 Å². The van der Waals surface area contributed by atoms with E-state index in [-0.39, 0.29) is 0 Å². The van der Waals surface area contributed by atoms with Crippen LogP contribution in [0.2, 0.25) is 0 Å². The molecule has 0 bridgehead atoms. The zero-order valence-corrected chi connectivity index (χ0v) is 13.4. The van der Waals surface area contributed by atoms with E-state index >= 15 is 0 Å². The summed E-state index contributed by atoms with van der Waals surface area (Å²) in [6.07, 6.45) is 1.87. The molecule has 0 unspecified atom stereocenters. The molecule has 0 spiro atoms. The molecule has 0 atom stereocenters. The van der Waals surface area contributed by atoms with Crippen LogP contribution < -0.4 is 5.32 Å². The van der Waals surface area contributed by atoms with Gasteiger partial charge in [-0.3, -0.25) is 4.98 Å². The molecule has 3 heterocycles.